The fourth-order valence-corrected chi connectivity index (χ4v) is 11.3. The number of alkyl carbamates (subject to hydrolysis) is 1. The number of sulfone groups is 1. The normalized spacial score (nSPS) is 25.0. The Balaban J connectivity index is 1.02. The molecule has 3 atom stereocenters. The van der Waals surface area contributed by atoms with Gasteiger partial charge in [-0.3, -0.25) is 9.69 Å². The third-order valence-electron chi connectivity index (χ3n) is 12.5. The van der Waals surface area contributed by atoms with Crippen LogP contribution in [0, 0.1) is 35.8 Å². The highest BCUT2D eigenvalue weighted by Gasteiger charge is 2.54. The van der Waals surface area contributed by atoms with E-state index in [4.69, 9.17) is 11.2 Å². The number of rotatable bonds is 11. The summed E-state index contributed by atoms with van der Waals surface area (Å²) in [6.45, 7) is 4.10. The number of piperidine rings is 1. The number of hydrogen-bond donors (Lipinski definition) is 1. The molecule has 10 nitrogen and oxygen atoms in total. The molecule has 53 heavy (non-hydrogen) atoms. The van der Waals surface area contributed by atoms with Gasteiger partial charge in [0.05, 0.1) is 30.8 Å². The van der Waals surface area contributed by atoms with Gasteiger partial charge in [-0.05, 0) is 112 Å². The number of hydrogen-bond acceptors (Lipinski definition) is 8. The first kappa shape index (κ1) is 37.5. The van der Waals surface area contributed by atoms with Crippen molar-refractivity contribution in [2.75, 3.05) is 77.5 Å². The van der Waals surface area contributed by atoms with Crippen molar-refractivity contribution in [3.63, 3.8) is 0 Å². The Kier molecular flexibility index (Phi) is 10.5. The maximum atomic E-state index is 16.2. The van der Waals surface area contributed by atoms with Gasteiger partial charge in [-0.2, -0.15) is 0 Å². The van der Waals surface area contributed by atoms with E-state index >= 15 is 8.78 Å². The lowest BCUT2D eigenvalue weighted by molar-refractivity contribution is -0.128. The van der Waals surface area contributed by atoms with Crippen LogP contribution in [0.5, 0.6) is 0 Å². The fraction of sp³-hybridized carbons (Fsp3) is 0.590. The van der Waals surface area contributed by atoms with E-state index in [1.807, 2.05) is 12.0 Å². The summed E-state index contributed by atoms with van der Waals surface area (Å²) in [6.07, 6.45) is 10.0. The van der Waals surface area contributed by atoms with Crippen LogP contribution in [0.3, 0.4) is 0 Å². The van der Waals surface area contributed by atoms with Crippen molar-refractivity contribution in [1.29, 1.82) is 0 Å². The number of carbonyl (C=O) groups is 2. The van der Waals surface area contributed by atoms with Gasteiger partial charge in [0.2, 0.25) is 0 Å². The summed E-state index contributed by atoms with van der Waals surface area (Å²) in [5.41, 5.74) is -0.892. The molecule has 1 saturated carbocycles. The maximum absolute atomic E-state index is 16.2. The van der Waals surface area contributed by atoms with Crippen molar-refractivity contribution in [3.05, 3.63) is 59.7 Å². The first-order valence-electron chi connectivity index (χ1n) is 18.6. The van der Waals surface area contributed by atoms with Gasteiger partial charge in [0.1, 0.15) is 16.9 Å². The number of nitrogens with zero attached hydrogens (tertiary/aromatic N) is 4. The molecule has 5 aliphatic rings. The zero-order chi connectivity index (χ0) is 37.5. The first-order valence-corrected chi connectivity index (χ1v) is 20.2. The van der Waals surface area contributed by atoms with Gasteiger partial charge < -0.3 is 24.8 Å². The molecule has 4 aliphatic heterocycles. The Morgan fingerprint density at radius 3 is 2.36 bits per heavy atom. The Hall–Kier alpha value is -3.80. The van der Waals surface area contributed by atoms with Crippen molar-refractivity contribution in [3.8, 4) is 12.3 Å². The topological polar surface area (TPSA) is 103 Å². The maximum Gasteiger partial charge on any atom is 0.407 e. The van der Waals surface area contributed by atoms with E-state index in [1.165, 1.54) is 30.2 Å². The molecule has 2 aromatic carbocycles. The molecule has 5 fully saturated rings. The number of nitrogens with one attached hydrogen (secondary N) is 1. The van der Waals surface area contributed by atoms with E-state index < -0.39 is 44.0 Å². The SMILES string of the molecule is C#CC(=O)N1CC(S(=O)(=O)c2ccc(N3CC(F)(CN4CCC([C@@](CN5CCC5)(c5cccc(F)c5)[C@H]5CCC[C@@H]5NC(=O)OC)CC4)C3)c(F)c2)C1. The lowest BCUT2D eigenvalue weighted by atomic mass is 9.57. The summed E-state index contributed by atoms with van der Waals surface area (Å²) in [5.74, 6) is 0.598. The number of carbonyl (C=O) groups excluding carboxylic acids is 2. The highest BCUT2D eigenvalue weighted by Crippen LogP contribution is 2.52. The average Bonchev–Trinajstić information content (AvgIpc) is 3.54. The number of ether oxygens (including phenoxy) is 1. The number of benzene rings is 2. The van der Waals surface area contributed by atoms with E-state index in [-0.39, 0.29) is 67.0 Å². The van der Waals surface area contributed by atoms with Crippen LogP contribution in [0.15, 0.2) is 47.4 Å². The summed E-state index contributed by atoms with van der Waals surface area (Å²) in [5, 5.41) is 2.25. The zero-order valence-corrected chi connectivity index (χ0v) is 30.9. The summed E-state index contributed by atoms with van der Waals surface area (Å²) in [6, 6.07) is 10.5. The highest BCUT2D eigenvalue weighted by molar-refractivity contribution is 7.92. The fourth-order valence-electron chi connectivity index (χ4n) is 9.66. The van der Waals surface area contributed by atoms with E-state index in [2.05, 4.69) is 15.1 Å². The van der Waals surface area contributed by atoms with Gasteiger partial charge in [0, 0.05) is 37.6 Å². The summed E-state index contributed by atoms with van der Waals surface area (Å²) in [7, 11) is -2.51. The van der Waals surface area contributed by atoms with Crippen LogP contribution in [0.4, 0.5) is 23.7 Å². The number of likely N-dealkylation sites (tertiary alicyclic amines) is 3. The minimum atomic E-state index is -3.88. The lowest BCUT2D eigenvalue weighted by Crippen LogP contribution is -2.65. The predicted molar refractivity (Wildman–Crippen MR) is 194 cm³/mol. The molecular formula is C39H48F3N5O5S. The van der Waals surface area contributed by atoms with Gasteiger partial charge in [-0.1, -0.05) is 18.6 Å². The molecule has 0 unspecified atom stereocenters. The van der Waals surface area contributed by atoms with Gasteiger partial charge in [-0.15, -0.1) is 6.42 Å². The van der Waals surface area contributed by atoms with Crippen LogP contribution >= 0.6 is 0 Å². The van der Waals surface area contributed by atoms with E-state index in [0.717, 1.165) is 69.8 Å². The van der Waals surface area contributed by atoms with Crippen molar-refractivity contribution >= 4 is 27.5 Å². The quantitative estimate of drug-likeness (QED) is 0.344. The van der Waals surface area contributed by atoms with E-state index in [9.17, 15) is 22.4 Å². The van der Waals surface area contributed by atoms with Crippen molar-refractivity contribution in [2.24, 2.45) is 11.8 Å². The Labute approximate surface area is 309 Å². The molecule has 1 aliphatic carbocycles. The van der Waals surface area contributed by atoms with Crippen LogP contribution in [-0.2, 0) is 24.8 Å². The number of methoxy groups -OCH3 is 1. The minimum absolute atomic E-state index is 0.0210. The highest BCUT2D eigenvalue weighted by atomic mass is 32.2. The monoisotopic (exact) mass is 755 g/mol. The van der Waals surface area contributed by atoms with E-state index in [1.54, 1.807) is 17.0 Å². The van der Waals surface area contributed by atoms with Gasteiger partial charge in [0.15, 0.2) is 15.5 Å². The summed E-state index contributed by atoms with van der Waals surface area (Å²) < 4.78 is 77.5. The third kappa shape index (κ3) is 7.24. The Morgan fingerprint density at radius 1 is 1.00 bits per heavy atom. The number of anilines is 1. The number of halogens is 3. The number of alkyl halides is 1. The van der Waals surface area contributed by atoms with Crippen molar-refractivity contribution in [1.82, 2.24) is 20.0 Å². The average molecular weight is 756 g/mol. The molecule has 4 saturated heterocycles. The van der Waals surface area contributed by atoms with Crippen LogP contribution in [-0.4, -0.2) is 125 Å². The molecule has 1 N–H and O–H groups in total. The van der Waals surface area contributed by atoms with Crippen molar-refractivity contribution in [2.45, 2.75) is 65.8 Å². The summed E-state index contributed by atoms with van der Waals surface area (Å²) in [4.78, 5) is 31.3. The standard InChI is InChI=1S/C39H48F3N5O5S/c1-3-36(48)46-21-31(22-46)53(50,51)30-11-12-35(33(41)20-30)47-24-38(42,25-47)23-45-17-13-27(14-18-45)39(26-44-15-6-16-44,28-7-4-8-29(40)19-28)32-9-5-10-34(32)43-37(49)52-2/h1,4,7-8,11-12,19-20,27,31-32,34H,5-6,9-10,13-18,21-26H2,2H3,(H,43,49)/t32-,34-,39-/m0/s1. The van der Waals surface area contributed by atoms with Gasteiger partial charge in [-0.25, -0.2) is 26.4 Å². The molecule has 7 rings (SSSR count). The third-order valence-corrected chi connectivity index (χ3v) is 14.6. The number of amides is 2. The molecular weight excluding hydrogens is 708 g/mol. The Morgan fingerprint density at radius 2 is 1.74 bits per heavy atom. The predicted octanol–water partition coefficient (Wildman–Crippen LogP) is 3.99. The van der Waals surface area contributed by atoms with Crippen molar-refractivity contribution < 1.29 is 35.9 Å². The van der Waals surface area contributed by atoms with Gasteiger partial charge in [0.25, 0.3) is 5.91 Å². The molecule has 2 aromatic rings. The lowest BCUT2D eigenvalue weighted by Gasteiger charge is -2.54. The smallest absolute Gasteiger partial charge is 0.407 e. The molecule has 0 spiro atoms. The second-order valence-corrected chi connectivity index (χ2v) is 17.9. The van der Waals surface area contributed by atoms with Gasteiger partial charge >= 0.3 is 6.09 Å². The second-order valence-electron chi connectivity index (χ2n) is 15.7. The second kappa shape index (κ2) is 14.8. The van der Waals surface area contributed by atoms with Crippen LogP contribution in [0.2, 0.25) is 0 Å². The largest absolute Gasteiger partial charge is 0.453 e. The molecule has 0 radical (unpaired) electrons. The Bertz CT molecular complexity index is 1850. The van der Waals surface area contributed by atoms with Crippen LogP contribution in [0.25, 0.3) is 0 Å². The molecule has 4 heterocycles. The molecule has 14 heteroatoms. The zero-order valence-electron chi connectivity index (χ0n) is 30.1. The molecule has 286 valence electrons. The van der Waals surface area contributed by atoms with Crippen LogP contribution in [0.1, 0.15) is 44.1 Å². The van der Waals surface area contributed by atoms with E-state index in [0.29, 0.717) is 13.1 Å². The first-order chi connectivity index (χ1) is 25.3. The molecule has 0 aromatic heterocycles. The molecule has 2 amide bonds. The minimum Gasteiger partial charge on any atom is -0.453 e. The summed E-state index contributed by atoms with van der Waals surface area (Å²) >= 11 is 0. The number of terminal acetylenes is 1. The molecule has 0 bridgehead atoms. The van der Waals surface area contributed by atoms with Crippen LogP contribution < -0.4 is 10.2 Å².